The molecule has 35 heavy (non-hydrogen) atoms. The second kappa shape index (κ2) is 10.2. The highest BCUT2D eigenvalue weighted by Gasteiger charge is 2.44. The number of nitrogens with zero attached hydrogens (tertiary/aromatic N) is 3. The predicted octanol–water partition coefficient (Wildman–Crippen LogP) is 2.33. The van der Waals surface area contributed by atoms with E-state index >= 15 is 0 Å². The molecule has 2 heterocycles. The monoisotopic (exact) mass is 508 g/mol. The van der Waals surface area contributed by atoms with Gasteiger partial charge in [-0.15, -0.1) is 0 Å². The van der Waals surface area contributed by atoms with E-state index in [9.17, 15) is 35.9 Å². The summed E-state index contributed by atoms with van der Waals surface area (Å²) in [6.07, 6.45) is -5.56. The van der Waals surface area contributed by atoms with Gasteiger partial charge in [0.25, 0.3) is 0 Å². The maximum atomic E-state index is 13.9. The number of halogens is 6. The van der Waals surface area contributed by atoms with E-state index in [1.807, 2.05) is 0 Å². The molecule has 0 saturated carbocycles. The molecule has 2 aromatic rings. The molecule has 1 amide bonds. The number of aliphatic hydroxyl groups is 1. The largest absolute Gasteiger partial charge is 0.458 e. The Balaban J connectivity index is 1.82. The lowest BCUT2D eigenvalue weighted by Gasteiger charge is -2.36. The summed E-state index contributed by atoms with van der Waals surface area (Å²) in [6.45, 7) is -0.102. The van der Waals surface area contributed by atoms with Crippen LogP contribution in [-0.4, -0.2) is 57.2 Å². The second-order valence-corrected chi connectivity index (χ2v) is 7.97. The molecule has 192 valence electrons. The molecule has 8 nitrogen and oxygen atoms in total. The standard InChI is InChI=1S/C21H22F6N4O4/c1-10-18-17(19(34)35-5-4-32)29-20(21(25,26)27)31(18)3-2-30(10)16(33)8-12(28)6-11-7-14(23)15(24)9-13(11)22/h7,9-10,12,32H,2-6,8,28H2,1H3/t10?,12-/m1/s1. The summed E-state index contributed by atoms with van der Waals surface area (Å²) in [4.78, 5) is 29.8. The molecule has 1 aliphatic rings. The predicted molar refractivity (Wildman–Crippen MR) is 107 cm³/mol. The summed E-state index contributed by atoms with van der Waals surface area (Å²) < 4.78 is 86.5. The number of hydrogen-bond donors (Lipinski definition) is 2. The van der Waals surface area contributed by atoms with Crippen molar-refractivity contribution >= 4 is 11.9 Å². The van der Waals surface area contributed by atoms with Crippen LogP contribution in [0.4, 0.5) is 26.3 Å². The van der Waals surface area contributed by atoms with Crippen LogP contribution in [-0.2, 0) is 28.7 Å². The van der Waals surface area contributed by atoms with Crippen LogP contribution in [0.3, 0.4) is 0 Å². The lowest BCUT2D eigenvalue weighted by molar-refractivity contribution is -0.148. The minimum absolute atomic E-state index is 0.163. The van der Waals surface area contributed by atoms with Crippen molar-refractivity contribution in [3.8, 4) is 0 Å². The number of alkyl halides is 3. The maximum absolute atomic E-state index is 13.9. The normalized spacial score (nSPS) is 16.7. The Morgan fingerprint density at radius 3 is 2.49 bits per heavy atom. The van der Waals surface area contributed by atoms with Gasteiger partial charge in [0, 0.05) is 31.6 Å². The van der Waals surface area contributed by atoms with E-state index in [0.29, 0.717) is 12.1 Å². The van der Waals surface area contributed by atoms with Crippen LogP contribution in [0.5, 0.6) is 0 Å². The Morgan fingerprint density at radius 1 is 1.20 bits per heavy atom. The topological polar surface area (TPSA) is 111 Å². The summed E-state index contributed by atoms with van der Waals surface area (Å²) in [7, 11) is 0. The summed E-state index contributed by atoms with van der Waals surface area (Å²) in [5.41, 5.74) is 4.84. The zero-order valence-corrected chi connectivity index (χ0v) is 18.4. The van der Waals surface area contributed by atoms with Crippen LogP contribution in [0.15, 0.2) is 12.1 Å². The quantitative estimate of drug-likeness (QED) is 0.338. The molecular weight excluding hydrogens is 486 g/mol. The van der Waals surface area contributed by atoms with Crippen molar-refractivity contribution in [1.82, 2.24) is 14.5 Å². The maximum Gasteiger partial charge on any atom is 0.449 e. The molecule has 0 spiro atoms. The van der Waals surface area contributed by atoms with Crippen LogP contribution < -0.4 is 5.73 Å². The van der Waals surface area contributed by atoms with Crippen molar-refractivity contribution < 1.29 is 45.8 Å². The van der Waals surface area contributed by atoms with Gasteiger partial charge in [-0.05, 0) is 25.0 Å². The van der Waals surface area contributed by atoms with Crippen LogP contribution >= 0.6 is 0 Å². The summed E-state index contributed by atoms with van der Waals surface area (Å²) in [5, 5.41) is 8.83. The molecule has 0 aliphatic carbocycles. The molecule has 0 fully saturated rings. The van der Waals surface area contributed by atoms with E-state index < -0.39 is 72.3 Å². The van der Waals surface area contributed by atoms with Gasteiger partial charge in [-0.25, -0.2) is 22.9 Å². The van der Waals surface area contributed by atoms with Crippen LogP contribution in [0.1, 0.15) is 47.0 Å². The van der Waals surface area contributed by atoms with Crippen molar-refractivity contribution in [2.75, 3.05) is 19.8 Å². The van der Waals surface area contributed by atoms with Gasteiger partial charge in [0.1, 0.15) is 12.4 Å². The van der Waals surface area contributed by atoms with Crippen LogP contribution in [0.2, 0.25) is 0 Å². The molecular formula is C21H22F6N4O4. The third-order valence-electron chi connectivity index (χ3n) is 5.53. The van der Waals surface area contributed by atoms with E-state index in [0.717, 1.165) is 4.57 Å². The lowest BCUT2D eigenvalue weighted by Crippen LogP contribution is -2.44. The first-order valence-corrected chi connectivity index (χ1v) is 10.5. The first kappa shape index (κ1) is 26.5. The highest BCUT2D eigenvalue weighted by Crippen LogP contribution is 2.36. The fraction of sp³-hybridized carbons (Fsp3) is 0.476. The molecule has 0 bridgehead atoms. The Hall–Kier alpha value is -3.13. The molecule has 3 rings (SSSR count). The van der Waals surface area contributed by atoms with Crippen molar-refractivity contribution in [2.24, 2.45) is 5.73 Å². The zero-order chi connectivity index (χ0) is 26.1. The highest BCUT2D eigenvalue weighted by molar-refractivity contribution is 5.89. The van der Waals surface area contributed by atoms with Crippen molar-refractivity contribution in [3.63, 3.8) is 0 Å². The summed E-state index contributed by atoms with van der Waals surface area (Å²) in [5.74, 6) is -6.81. The Kier molecular flexibility index (Phi) is 7.74. The molecule has 0 radical (unpaired) electrons. The third-order valence-corrected chi connectivity index (χ3v) is 5.53. The van der Waals surface area contributed by atoms with Crippen LogP contribution in [0, 0.1) is 17.5 Å². The number of aliphatic hydroxyl groups excluding tert-OH is 1. The number of carbonyl (C=O) groups excluding carboxylic acids is 2. The average molecular weight is 508 g/mol. The number of fused-ring (bicyclic) bond motifs is 1. The number of amides is 1. The Bertz CT molecular complexity index is 1120. The molecule has 3 N–H and O–H groups in total. The van der Waals surface area contributed by atoms with Gasteiger partial charge >= 0.3 is 12.1 Å². The average Bonchev–Trinajstić information content (AvgIpc) is 3.17. The van der Waals surface area contributed by atoms with Gasteiger partial charge in [-0.1, -0.05) is 0 Å². The van der Waals surface area contributed by atoms with Crippen molar-refractivity contribution in [1.29, 1.82) is 0 Å². The Labute approximate surface area is 195 Å². The number of rotatable bonds is 7. The van der Waals surface area contributed by atoms with E-state index in [2.05, 4.69) is 4.98 Å². The zero-order valence-electron chi connectivity index (χ0n) is 18.4. The molecule has 1 aliphatic heterocycles. The van der Waals surface area contributed by atoms with E-state index in [-0.39, 0.29) is 37.2 Å². The number of aromatic nitrogens is 2. The SMILES string of the molecule is CC1c2c(C(=O)OCCO)nc(C(F)(F)F)n2CCN1C(=O)C[C@H](N)Cc1cc(F)c(F)cc1F. The van der Waals surface area contributed by atoms with Crippen LogP contribution in [0.25, 0.3) is 0 Å². The molecule has 0 saturated heterocycles. The lowest BCUT2D eigenvalue weighted by atomic mass is 10.0. The van der Waals surface area contributed by atoms with Gasteiger partial charge in [-0.2, -0.15) is 13.2 Å². The fourth-order valence-corrected chi connectivity index (χ4v) is 3.99. The van der Waals surface area contributed by atoms with Gasteiger partial charge in [0.2, 0.25) is 11.7 Å². The number of hydrogen-bond acceptors (Lipinski definition) is 6. The summed E-state index contributed by atoms with van der Waals surface area (Å²) in [6, 6.07) is -1.05. The number of esters is 1. The van der Waals surface area contributed by atoms with Gasteiger partial charge in [0.05, 0.1) is 18.3 Å². The molecule has 14 heteroatoms. The number of nitrogens with two attached hydrogens (primary N) is 1. The van der Waals surface area contributed by atoms with Crippen molar-refractivity contribution in [3.05, 3.63) is 52.4 Å². The molecule has 1 aromatic heterocycles. The van der Waals surface area contributed by atoms with Gasteiger partial charge in [0.15, 0.2) is 17.3 Å². The Morgan fingerprint density at radius 2 is 1.86 bits per heavy atom. The first-order chi connectivity index (χ1) is 16.3. The smallest absolute Gasteiger partial charge is 0.449 e. The third kappa shape index (κ3) is 5.59. The minimum atomic E-state index is -4.88. The molecule has 2 atom stereocenters. The van der Waals surface area contributed by atoms with E-state index in [1.165, 1.54) is 11.8 Å². The fourth-order valence-electron chi connectivity index (χ4n) is 3.99. The summed E-state index contributed by atoms with van der Waals surface area (Å²) >= 11 is 0. The number of benzene rings is 1. The molecule has 1 aromatic carbocycles. The van der Waals surface area contributed by atoms with Crippen molar-refractivity contribution in [2.45, 2.75) is 44.6 Å². The van der Waals surface area contributed by atoms with E-state index in [4.69, 9.17) is 15.6 Å². The minimum Gasteiger partial charge on any atom is -0.458 e. The number of imidazole rings is 1. The van der Waals surface area contributed by atoms with E-state index in [1.54, 1.807) is 0 Å². The number of ether oxygens (including phenoxy) is 1. The highest BCUT2D eigenvalue weighted by atomic mass is 19.4. The number of carbonyl (C=O) groups is 2. The van der Waals surface area contributed by atoms with Gasteiger partial charge < -0.3 is 25.0 Å². The second-order valence-electron chi connectivity index (χ2n) is 7.97. The molecule has 1 unspecified atom stereocenters. The van der Waals surface area contributed by atoms with Gasteiger partial charge in [-0.3, -0.25) is 4.79 Å². The first-order valence-electron chi connectivity index (χ1n) is 10.5.